The Kier molecular flexibility index (Phi) is 5.60. The van der Waals surface area contributed by atoms with Crippen molar-refractivity contribution in [3.8, 4) is 0 Å². The van der Waals surface area contributed by atoms with Gasteiger partial charge in [0.2, 0.25) is 5.91 Å². The highest BCUT2D eigenvalue weighted by molar-refractivity contribution is 5.76. The zero-order chi connectivity index (χ0) is 14.4. The predicted molar refractivity (Wildman–Crippen MR) is 82.8 cm³/mol. The zero-order valence-electron chi connectivity index (χ0n) is 12.6. The van der Waals surface area contributed by atoms with Gasteiger partial charge in [-0.25, -0.2) is 0 Å². The quantitative estimate of drug-likeness (QED) is 0.866. The van der Waals surface area contributed by atoms with Gasteiger partial charge in [0.1, 0.15) is 0 Å². The van der Waals surface area contributed by atoms with Gasteiger partial charge in [-0.05, 0) is 50.3 Å². The zero-order valence-corrected chi connectivity index (χ0v) is 12.6. The number of piperidine rings is 1. The molecule has 1 aromatic carbocycles. The van der Waals surface area contributed by atoms with Gasteiger partial charge < -0.3 is 10.6 Å². The molecule has 110 valence electrons. The van der Waals surface area contributed by atoms with E-state index in [1.54, 1.807) is 0 Å². The molecule has 1 aromatic rings. The number of nitrogens with one attached hydrogen (secondary N) is 2. The first-order chi connectivity index (χ1) is 9.67. The summed E-state index contributed by atoms with van der Waals surface area (Å²) in [7, 11) is 0. The highest BCUT2D eigenvalue weighted by Gasteiger charge is 2.19. The molecule has 2 N–H and O–H groups in total. The molecule has 1 saturated heterocycles. The summed E-state index contributed by atoms with van der Waals surface area (Å²) in [6.07, 6.45) is 4.56. The standard InChI is InChI=1S/C17H26N2O/c1-3-14-4-6-15(7-5-14)8-9-17(20)19-16-10-11-18-13(2)12-16/h4-7,13,16,18H,3,8-12H2,1-2H3,(H,19,20). The molecule has 2 rings (SSSR count). The molecule has 0 aromatic heterocycles. The number of carbonyl (C=O) groups is 1. The molecule has 1 fully saturated rings. The number of hydrogen-bond donors (Lipinski definition) is 2. The van der Waals surface area contributed by atoms with E-state index in [2.05, 4.69) is 48.7 Å². The Morgan fingerprint density at radius 2 is 2.00 bits per heavy atom. The Morgan fingerprint density at radius 3 is 2.65 bits per heavy atom. The lowest BCUT2D eigenvalue weighted by Gasteiger charge is -2.28. The van der Waals surface area contributed by atoms with E-state index in [1.165, 1.54) is 11.1 Å². The monoisotopic (exact) mass is 274 g/mol. The second kappa shape index (κ2) is 7.44. The van der Waals surface area contributed by atoms with Crippen molar-refractivity contribution in [3.05, 3.63) is 35.4 Å². The first-order valence-corrected chi connectivity index (χ1v) is 7.78. The Labute approximate surface area is 122 Å². The number of hydrogen-bond acceptors (Lipinski definition) is 2. The molecule has 1 amide bonds. The van der Waals surface area contributed by atoms with Gasteiger partial charge in [0.15, 0.2) is 0 Å². The molecule has 0 aliphatic carbocycles. The minimum Gasteiger partial charge on any atom is -0.353 e. The Hall–Kier alpha value is -1.35. The van der Waals surface area contributed by atoms with Crippen LogP contribution in [0.4, 0.5) is 0 Å². The van der Waals surface area contributed by atoms with Gasteiger partial charge in [0.25, 0.3) is 0 Å². The van der Waals surface area contributed by atoms with Crippen LogP contribution in [0.25, 0.3) is 0 Å². The average molecular weight is 274 g/mol. The molecular formula is C17H26N2O. The van der Waals surface area contributed by atoms with Crippen molar-refractivity contribution >= 4 is 5.91 Å². The van der Waals surface area contributed by atoms with E-state index in [1.807, 2.05) is 0 Å². The first-order valence-electron chi connectivity index (χ1n) is 7.78. The van der Waals surface area contributed by atoms with Gasteiger partial charge in [0.05, 0.1) is 0 Å². The third-order valence-electron chi connectivity index (χ3n) is 4.06. The van der Waals surface area contributed by atoms with Crippen LogP contribution in [0.5, 0.6) is 0 Å². The fourth-order valence-corrected chi connectivity index (χ4v) is 2.76. The Bertz CT molecular complexity index is 427. The molecule has 1 heterocycles. The van der Waals surface area contributed by atoms with Crippen LogP contribution < -0.4 is 10.6 Å². The number of benzene rings is 1. The number of rotatable bonds is 5. The maximum Gasteiger partial charge on any atom is 0.220 e. The molecule has 0 radical (unpaired) electrons. The van der Waals surface area contributed by atoms with Gasteiger partial charge in [-0.2, -0.15) is 0 Å². The predicted octanol–water partition coefficient (Wildman–Crippen LogP) is 2.44. The molecule has 2 unspecified atom stereocenters. The summed E-state index contributed by atoms with van der Waals surface area (Å²) in [5, 5.41) is 6.57. The fourth-order valence-electron chi connectivity index (χ4n) is 2.76. The van der Waals surface area contributed by atoms with Crippen molar-refractivity contribution in [1.29, 1.82) is 0 Å². The third-order valence-corrected chi connectivity index (χ3v) is 4.06. The van der Waals surface area contributed by atoms with Gasteiger partial charge in [-0.1, -0.05) is 31.2 Å². The number of amides is 1. The van der Waals surface area contributed by atoms with Crippen LogP contribution in [-0.4, -0.2) is 24.5 Å². The summed E-state index contributed by atoms with van der Waals surface area (Å²) in [6.45, 7) is 5.33. The van der Waals surface area contributed by atoms with Crippen LogP contribution in [0, 0.1) is 0 Å². The van der Waals surface area contributed by atoms with Crippen molar-refractivity contribution in [3.63, 3.8) is 0 Å². The van der Waals surface area contributed by atoms with E-state index in [-0.39, 0.29) is 5.91 Å². The highest BCUT2D eigenvalue weighted by atomic mass is 16.1. The maximum atomic E-state index is 12.0. The van der Waals surface area contributed by atoms with Crippen LogP contribution in [0.1, 0.15) is 44.2 Å². The second-order valence-corrected chi connectivity index (χ2v) is 5.81. The van der Waals surface area contributed by atoms with Gasteiger partial charge in [-0.3, -0.25) is 4.79 Å². The van der Waals surface area contributed by atoms with Crippen molar-refractivity contribution in [1.82, 2.24) is 10.6 Å². The summed E-state index contributed by atoms with van der Waals surface area (Å²) in [5.74, 6) is 0.184. The van der Waals surface area contributed by atoms with Crippen LogP contribution >= 0.6 is 0 Å². The largest absolute Gasteiger partial charge is 0.353 e. The van der Waals surface area contributed by atoms with Crippen molar-refractivity contribution in [2.24, 2.45) is 0 Å². The van der Waals surface area contributed by atoms with Gasteiger partial charge in [-0.15, -0.1) is 0 Å². The van der Waals surface area contributed by atoms with Crippen molar-refractivity contribution in [2.45, 2.75) is 58.0 Å². The van der Waals surface area contributed by atoms with E-state index >= 15 is 0 Å². The molecule has 0 saturated carbocycles. The third kappa shape index (κ3) is 4.64. The van der Waals surface area contributed by atoms with Crippen molar-refractivity contribution < 1.29 is 4.79 Å². The summed E-state index contributed by atoms with van der Waals surface area (Å²) in [5.41, 5.74) is 2.60. The van der Waals surface area contributed by atoms with Gasteiger partial charge in [0, 0.05) is 18.5 Å². The Balaban J connectivity index is 1.73. The first kappa shape index (κ1) is 15.0. The maximum absolute atomic E-state index is 12.0. The van der Waals surface area contributed by atoms with E-state index in [4.69, 9.17) is 0 Å². The fraction of sp³-hybridized carbons (Fsp3) is 0.588. The normalized spacial score (nSPS) is 22.5. The van der Waals surface area contributed by atoms with E-state index in [0.29, 0.717) is 18.5 Å². The molecule has 3 nitrogen and oxygen atoms in total. The molecule has 1 aliphatic rings. The Morgan fingerprint density at radius 1 is 1.30 bits per heavy atom. The summed E-state index contributed by atoms with van der Waals surface area (Å²) in [4.78, 5) is 12.0. The van der Waals surface area contributed by atoms with Gasteiger partial charge >= 0.3 is 0 Å². The SMILES string of the molecule is CCc1ccc(CCC(=O)NC2CCNC(C)C2)cc1. The van der Waals surface area contributed by atoms with Crippen molar-refractivity contribution in [2.75, 3.05) is 6.54 Å². The van der Waals surface area contributed by atoms with Crippen LogP contribution in [0.3, 0.4) is 0 Å². The lowest BCUT2D eigenvalue weighted by molar-refractivity contribution is -0.122. The second-order valence-electron chi connectivity index (χ2n) is 5.81. The molecule has 20 heavy (non-hydrogen) atoms. The highest BCUT2D eigenvalue weighted by Crippen LogP contribution is 2.10. The summed E-state index contributed by atoms with van der Waals surface area (Å²) in [6, 6.07) is 9.44. The number of aryl methyl sites for hydroxylation is 2. The average Bonchev–Trinajstić information content (AvgIpc) is 2.46. The minimum absolute atomic E-state index is 0.184. The smallest absolute Gasteiger partial charge is 0.220 e. The molecule has 3 heteroatoms. The number of carbonyl (C=O) groups excluding carboxylic acids is 1. The molecular weight excluding hydrogens is 248 g/mol. The molecule has 0 bridgehead atoms. The topological polar surface area (TPSA) is 41.1 Å². The van der Waals surface area contributed by atoms with E-state index in [0.717, 1.165) is 32.2 Å². The molecule has 0 spiro atoms. The van der Waals surface area contributed by atoms with Crippen LogP contribution in [-0.2, 0) is 17.6 Å². The summed E-state index contributed by atoms with van der Waals surface area (Å²) < 4.78 is 0. The van der Waals surface area contributed by atoms with Crippen LogP contribution in [0.15, 0.2) is 24.3 Å². The van der Waals surface area contributed by atoms with Crippen LogP contribution in [0.2, 0.25) is 0 Å². The minimum atomic E-state index is 0.184. The molecule has 2 atom stereocenters. The lowest BCUT2D eigenvalue weighted by atomic mass is 10.00. The van der Waals surface area contributed by atoms with E-state index in [9.17, 15) is 4.79 Å². The van der Waals surface area contributed by atoms with E-state index < -0.39 is 0 Å². The molecule has 1 aliphatic heterocycles. The summed E-state index contributed by atoms with van der Waals surface area (Å²) >= 11 is 0. The lowest BCUT2D eigenvalue weighted by Crippen LogP contribution is -2.46.